The van der Waals surface area contributed by atoms with Crippen molar-refractivity contribution in [3.8, 4) is 0 Å². The van der Waals surface area contributed by atoms with Crippen LogP contribution in [-0.4, -0.2) is 14.8 Å². The summed E-state index contributed by atoms with van der Waals surface area (Å²) >= 11 is 1.15. The summed E-state index contributed by atoms with van der Waals surface area (Å²) in [6.45, 7) is 4.64. The summed E-state index contributed by atoms with van der Waals surface area (Å²) in [4.78, 5) is 13.7. The molecule has 0 spiro atoms. The lowest BCUT2D eigenvalue weighted by molar-refractivity contribution is 0.714. The Kier molecular flexibility index (Phi) is 3.42. The third-order valence-corrected chi connectivity index (χ3v) is 3.39. The van der Waals surface area contributed by atoms with Crippen LogP contribution >= 0.6 is 11.3 Å². The van der Waals surface area contributed by atoms with Gasteiger partial charge in [0.1, 0.15) is 5.82 Å². The molecule has 4 N–H and O–H groups in total. The normalized spacial score (nSPS) is 11.1. The van der Waals surface area contributed by atoms with Crippen LogP contribution < -0.4 is 15.9 Å². The second-order valence-electron chi connectivity index (χ2n) is 4.45. The van der Waals surface area contributed by atoms with Gasteiger partial charge in [0.15, 0.2) is 0 Å². The van der Waals surface area contributed by atoms with Gasteiger partial charge in [-0.05, 0) is 5.92 Å². The minimum absolute atomic E-state index is 0.0485. The van der Waals surface area contributed by atoms with Crippen LogP contribution in [0.3, 0.4) is 0 Å². The predicted octanol–water partition coefficient (Wildman–Crippen LogP) is 1.49. The minimum atomic E-state index is -0.0485. The first kappa shape index (κ1) is 12.7. The zero-order chi connectivity index (χ0) is 13.3. The molecule has 0 amide bonds. The summed E-state index contributed by atoms with van der Waals surface area (Å²) in [7, 11) is 1.85. The smallest absolute Gasteiger partial charge is 0.304 e. The number of nitrogens with zero attached hydrogens (tertiary/aromatic N) is 2. The van der Waals surface area contributed by atoms with E-state index in [1.165, 1.54) is 0 Å². The number of nitrogens with one attached hydrogen (secondary N) is 2. The van der Waals surface area contributed by atoms with E-state index >= 15 is 0 Å². The molecule has 0 fully saturated rings. The fourth-order valence-corrected chi connectivity index (χ4v) is 2.36. The van der Waals surface area contributed by atoms with Crippen LogP contribution in [0.2, 0.25) is 0 Å². The average molecular weight is 267 g/mol. The molecular weight excluding hydrogens is 250 g/mol. The number of aromatic nitrogens is 3. The van der Waals surface area contributed by atoms with E-state index in [0.29, 0.717) is 12.2 Å². The fraction of sp³-hybridized carbons (Fsp3) is 0.455. The molecule has 0 aliphatic rings. The zero-order valence-corrected chi connectivity index (χ0v) is 11.5. The molecule has 0 saturated carbocycles. The zero-order valence-electron chi connectivity index (χ0n) is 10.7. The van der Waals surface area contributed by atoms with Crippen molar-refractivity contribution in [2.75, 3.05) is 11.1 Å². The van der Waals surface area contributed by atoms with Crippen molar-refractivity contribution >= 4 is 22.8 Å². The highest BCUT2D eigenvalue weighted by Crippen LogP contribution is 2.27. The Morgan fingerprint density at radius 1 is 1.61 bits per heavy atom. The van der Waals surface area contributed by atoms with Crippen molar-refractivity contribution in [1.82, 2.24) is 14.8 Å². The Morgan fingerprint density at radius 3 is 2.83 bits per heavy atom. The standard InChI is InChI=1S/C11H17N5OS/c1-6(2)9-8(12)10(16(3)15-9)13-4-7-5-18-11(17)14-7/h5-6,13H,4,12H2,1-3H3,(H,14,17). The van der Waals surface area contributed by atoms with Gasteiger partial charge in [-0.15, -0.1) is 0 Å². The number of hydrogen-bond donors (Lipinski definition) is 3. The molecule has 2 rings (SSSR count). The van der Waals surface area contributed by atoms with E-state index in [4.69, 9.17) is 5.73 Å². The maximum atomic E-state index is 11.0. The Labute approximate surface area is 109 Å². The van der Waals surface area contributed by atoms with Gasteiger partial charge in [0, 0.05) is 18.1 Å². The third kappa shape index (κ3) is 2.40. The number of aromatic amines is 1. The third-order valence-electron chi connectivity index (χ3n) is 2.68. The lowest BCUT2D eigenvalue weighted by atomic mass is 10.1. The van der Waals surface area contributed by atoms with Crippen molar-refractivity contribution < 1.29 is 0 Å². The van der Waals surface area contributed by atoms with Gasteiger partial charge in [-0.1, -0.05) is 25.2 Å². The van der Waals surface area contributed by atoms with Crippen molar-refractivity contribution in [1.29, 1.82) is 0 Å². The van der Waals surface area contributed by atoms with Gasteiger partial charge < -0.3 is 16.0 Å². The summed E-state index contributed by atoms with van der Waals surface area (Å²) < 4.78 is 1.73. The van der Waals surface area contributed by atoms with Crippen LogP contribution in [0.1, 0.15) is 31.2 Å². The molecule has 0 aromatic carbocycles. The molecule has 0 radical (unpaired) electrons. The highest BCUT2D eigenvalue weighted by molar-refractivity contribution is 7.07. The van der Waals surface area contributed by atoms with Crippen molar-refractivity contribution in [3.05, 3.63) is 26.4 Å². The fourth-order valence-electron chi connectivity index (χ4n) is 1.78. The summed E-state index contributed by atoms with van der Waals surface area (Å²) in [5.41, 5.74) is 8.46. The molecule has 0 saturated heterocycles. The topological polar surface area (TPSA) is 88.7 Å². The molecule has 18 heavy (non-hydrogen) atoms. The van der Waals surface area contributed by atoms with Crippen molar-refractivity contribution in [2.24, 2.45) is 7.05 Å². The van der Waals surface area contributed by atoms with Crippen molar-refractivity contribution in [2.45, 2.75) is 26.3 Å². The van der Waals surface area contributed by atoms with Crippen LogP contribution in [-0.2, 0) is 13.6 Å². The van der Waals surface area contributed by atoms with Gasteiger partial charge in [0.2, 0.25) is 0 Å². The van der Waals surface area contributed by atoms with E-state index < -0.39 is 0 Å². The Balaban J connectivity index is 2.16. The summed E-state index contributed by atoms with van der Waals surface area (Å²) in [6.07, 6.45) is 0. The van der Waals surface area contributed by atoms with Gasteiger partial charge >= 0.3 is 4.87 Å². The van der Waals surface area contributed by atoms with E-state index in [9.17, 15) is 4.79 Å². The van der Waals surface area contributed by atoms with Crippen molar-refractivity contribution in [3.63, 3.8) is 0 Å². The van der Waals surface area contributed by atoms with Crippen LogP contribution in [0.15, 0.2) is 10.2 Å². The summed E-state index contributed by atoms with van der Waals surface area (Å²) in [5.74, 6) is 1.07. The van der Waals surface area contributed by atoms with E-state index in [2.05, 4.69) is 29.2 Å². The Hall–Kier alpha value is -1.76. The first-order valence-electron chi connectivity index (χ1n) is 5.72. The number of rotatable bonds is 4. The minimum Gasteiger partial charge on any atom is -0.394 e. The molecule has 0 aliphatic heterocycles. The molecule has 0 bridgehead atoms. The lowest BCUT2D eigenvalue weighted by Crippen LogP contribution is -2.07. The number of H-pyrrole nitrogens is 1. The number of anilines is 2. The Morgan fingerprint density at radius 2 is 2.33 bits per heavy atom. The largest absolute Gasteiger partial charge is 0.394 e. The number of nitrogen functional groups attached to an aromatic ring is 1. The molecular formula is C11H17N5OS. The quantitative estimate of drug-likeness (QED) is 0.783. The maximum Gasteiger partial charge on any atom is 0.304 e. The van der Waals surface area contributed by atoms with E-state index in [-0.39, 0.29) is 10.8 Å². The van der Waals surface area contributed by atoms with Gasteiger partial charge in [0.25, 0.3) is 0 Å². The second kappa shape index (κ2) is 4.85. The molecule has 0 unspecified atom stereocenters. The predicted molar refractivity (Wildman–Crippen MR) is 74.0 cm³/mol. The monoisotopic (exact) mass is 267 g/mol. The molecule has 0 aliphatic carbocycles. The average Bonchev–Trinajstić information content (AvgIpc) is 2.82. The molecule has 0 atom stereocenters. The van der Waals surface area contributed by atoms with Gasteiger partial charge in [-0.2, -0.15) is 5.10 Å². The summed E-state index contributed by atoms with van der Waals surface area (Å²) in [6, 6.07) is 0. The molecule has 2 aromatic heterocycles. The molecule has 7 heteroatoms. The van der Waals surface area contributed by atoms with Crippen LogP contribution in [0.25, 0.3) is 0 Å². The Bertz CT molecular complexity index is 595. The lowest BCUT2D eigenvalue weighted by Gasteiger charge is -2.06. The number of hydrogen-bond acceptors (Lipinski definition) is 5. The number of aryl methyl sites for hydroxylation is 1. The molecule has 2 aromatic rings. The van der Waals surface area contributed by atoms with Gasteiger partial charge in [0.05, 0.1) is 17.9 Å². The molecule has 2 heterocycles. The highest BCUT2D eigenvalue weighted by atomic mass is 32.1. The highest BCUT2D eigenvalue weighted by Gasteiger charge is 2.15. The van der Waals surface area contributed by atoms with Crippen LogP contribution in [0, 0.1) is 0 Å². The SMILES string of the molecule is CC(C)c1nn(C)c(NCc2csc(=O)[nH]2)c1N. The van der Waals surface area contributed by atoms with Crippen LogP contribution in [0.5, 0.6) is 0 Å². The van der Waals surface area contributed by atoms with E-state index in [1.807, 2.05) is 7.05 Å². The van der Waals surface area contributed by atoms with E-state index in [0.717, 1.165) is 28.5 Å². The number of thiazole rings is 1. The van der Waals surface area contributed by atoms with Gasteiger partial charge in [-0.3, -0.25) is 9.48 Å². The molecule has 6 nitrogen and oxygen atoms in total. The van der Waals surface area contributed by atoms with Crippen LogP contribution in [0.4, 0.5) is 11.5 Å². The van der Waals surface area contributed by atoms with Gasteiger partial charge in [-0.25, -0.2) is 0 Å². The number of nitrogens with two attached hydrogens (primary N) is 1. The summed E-state index contributed by atoms with van der Waals surface area (Å²) in [5, 5.41) is 9.38. The second-order valence-corrected chi connectivity index (χ2v) is 5.29. The first-order valence-corrected chi connectivity index (χ1v) is 6.60. The van der Waals surface area contributed by atoms with E-state index in [1.54, 1.807) is 10.1 Å². The maximum absolute atomic E-state index is 11.0. The molecule has 98 valence electrons. The first-order chi connectivity index (χ1) is 8.49.